The summed E-state index contributed by atoms with van der Waals surface area (Å²) in [6.45, 7) is 0. The molecule has 0 saturated carbocycles. The molecule has 0 unspecified atom stereocenters. The molecular formula is C16H11F2N3O4S. The highest BCUT2D eigenvalue weighted by Crippen LogP contribution is 2.26. The average Bonchev–Trinajstić information content (AvgIpc) is 2.56. The molecule has 0 aliphatic rings. The highest BCUT2D eigenvalue weighted by molar-refractivity contribution is 7.89. The lowest BCUT2D eigenvalue weighted by Crippen LogP contribution is -2.30. The van der Waals surface area contributed by atoms with Gasteiger partial charge < -0.3 is 4.74 Å². The molecule has 2 aromatic carbocycles. The van der Waals surface area contributed by atoms with Gasteiger partial charge in [-0.05, 0) is 18.2 Å². The van der Waals surface area contributed by atoms with Crippen LogP contribution < -0.4 is 9.46 Å². The van der Waals surface area contributed by atoms with Gasteiger partial charge in [-0.25, -0.2) is 31.9 Å². The molecule has 0 atom stereocenters. The number of halogens is 2. The standard InChI is InChI=1S/C16H11F2N3O4S/c1-26(23,24)21-16(22)9-6-11(18)14(7-10(9)17)25-15-8-19-12-4-2-3-5-13(12)20-15/h2-8H,1H3,(H,21,22). The first kappa shape index (κ1) is 17.7. The molecule has 10 heteroatoms. The first-order valence-corrected chi connectivity index (χ1v) is 9.03. The molecule has 1 heterocycles. The summed E-state index contributed by atoms with van der Waals surface area (Å²) in [5, 5.41) is 0. The van der Waals surface area contributed by atoms with Crippen LogP contribution in [-0.4, -0.2) is 30.5 Å². The number of hydrogen-bond donors (Lipinski definition) is 1. The minimum Gasteiger partial charge on any atom is -0.434 e. The molecule has 26 heavy (non-hydrogen) atoms. The topological polar surface area (TPSA) is 98.2 Å². The molecule has 0 radical (unpaired) electrons. The number of benzene rings is 2. The molecule has 0 bridgehead atoms. The average molecular weight is 379 g/mol. The summed E-state index contributed by atoms with van der Waals surface area (Å²) in [5.41, 5.74) is 0.319. The van der Waals surface area contributed by atoms with Gasteiger partial charge in [-0.15, -0.1) is 0 Å². The Bertz CT molecular complexity index is 1120. The summed E-state index contributed by atoms with van der Waals surface area (Å²) in [6, 6.07) is 8.07. The normalized spacial score (nSPS) is 11.3. The quantitative estimate of drug-likeness (QED) is 0.747. The highest BCUT2D eigenvalue weighted by Gasteiger charge is 2.20. The molecule has 3 rings (SSSR count). The molecule has 0 aliphatic carbocycles. The Labute approximate surface area is 146 Å². The Hall–Kier alpha value is -3.14. The second kappa shape index (κ2) is 6.64. The van der Waals surface area contributed by atoms with Gasteiger partial charge in [-0.1, -0.05) is 12.1 Å². The molecule has 3 aromatic rings. The smallest absolute Gasteiger partial charge is 0.267 e. The maximum atomic E-state index is 14.2. The number of hydrogen-bond acceptors (Lipinski definition) is 6. The van der Waals surface area contributed by atoms with E-state index in [-0.39, 0.29) is 5.88 Å². The van der Waals surface area contributed by atoms with E-state index in [9.17, 15) is 22.0 Å². The van der Waals surface area contributed by atoms with Gasteiger partial charge in [0.05, 0.1) is 29.0 Å². The monoisotopic (exact) mass is 379 g/mol. The maximum Gasteiger partial charge on any atom is 0.267 e. The van der Waals surface area contributed by atoms with Crippen molar-refractivity contribution in [2.24, 2.45) is 0 Å². The zero-order valence-corrected chi connectivity index (χ0v) is 14.0. The van der Waals surface area contributed by atoms with E-state index in [1.165, 1.54) is 6.20 Å². The number of carbonyl (C=O) groups is 1. The van der Waals surface area contributed by atoms with Crippen molar-refractivity contribution in [2.75, 3.05) is 6.26 Å². The Kier molecular flexibility index (Phi) is 4.51. The Balaban J connectivity index is 1.91. The van der Waals surface area contributed by atoms with E-state index in [4.69, 9.17) is 4.74 Å². The van der Waals surface area contributed by atoms with Gasteiger partial charge in [0.1, 0.15) is 5.82 Å². The van der Waals surface area contributed by atoms with Crippen molar-refractivity contribution in [3.05, 3.63) is 59.8 Å². The molecule has 0 spiro atoms. The summed E-state index contributed by atoms with van der Waals surface area (Å²) in [5.74, 6) is -4.12. The number of rotatable bonds is 4. The largest absolute Gasteiger partial charge is 0.434 e. The van der Waals surface area contributed by atoms with E-state index in [1.807, 2.05) is 0 Å². The van der Waals surface area contributed by atoms with E-state index in [1.54, 1.807) is 29.0 Å². The van der Waals surface area contributed by atoms with Gasteiger partial charge in [0, 0.05) is 6.07 Å². The number of nitrogens with zero attached hydrogens (tertiary/aromatic N) is 2. The Morgan fingerprint density at radius 3 is 2.50 bits per heavy atom. The van der Waals surface area contributed by atoms with Crippen LogP contribution in [0.1, 0.15) is 10.4 Å². The van der Waals surface area contributed by atoms with Gasteiger partial charge in [0.15, 0.2) is 11.6 Å². The van der Waals surface area contributed by atoms with Crippen LogP contribution in [0.3, 0.4) is 0 Å². The minimum absolute atomic E-state index is 0.0738. The fourth-order valence-corrected chi connectivity index (χ4v) is 2.55. The third kappa shape index (κ3) is 3.91. The number of aromatic nitrogens is 2. The minimum atomic E-state index is -3.92. The summed E-state index contributed by atoms with van der Waals surface area (Å²) in [4.78, 5) is 19.9. The summed E-state index contributed by atoms with van der Waals surface area (Å²) < 4.78 is 57.1. The predicted octanol–water partition coefficient (Wildman–Crippen LogP) is 2.39. The van der Waals surface area contributed by atoms with Crippen LogP contribution in [-0.2, 0) is 10.0 Å². The molecular weight excluding hydrogens is 368 g/mol. The Morgan fingerprint density at radius 2 is 1.81 bits per heavy atom. The number of para-hydroxylation sites is 2. The third-order valence-corrected chi connectivity index (χ3v) is 3.74. The van der Waals surface area contributed by atoms with Crippen LogP contribution in [0.15, 0.2) is 42.6 Å². The van der Waals surface area contributed by atoms with Crippen LogP contribution in [0.4, 0.5) is 8.78 Å². The molecule has 0 aliphatic heterocycles. The molecule has 1 amide bonds. The van der Waals surface area contributed by atoms with Gasteiger partial charge in [-0.3, -0.25) is 4.79 Å². The van der Waals surface area contributed by atoms with Crippen LogP contribution in [0.5, 0.6) is 11.6 Å². The highest BCUT2D eigenvalue weighted by atomic mass is 32.2. The predicted molar refractivity (Wildman–Crippen MR) is 88.3 cm³/mol. The number of nitrogens with one attached hydrogen (secondary N) is 1. The second-order valence-electron chi connectivity index (χ2n) is 5.26. The van der Waals surface area contributed by atoms with Crippen LogP contribution in [0, 0.1) is 11.6 Å². The van der Waals surface area contributed by atoms with E-state index in [0.29, 0.717) is 23.2 Å². The van der Waals surface area contributed by atoms with Gasteiger partial charge >= 0.3 is 0 Å². The molecule has 7 nitrogen and oxygen atoms in total. The van der Waals surface area contributed by atoms with Gasteiger partial charge in [0.2, 0.25) is 15.9 Å². The van der Waals surface area contributed by atoms with Crippen LogP contribution in [0.2, 0.25) is 0 Å². The lowest BCUT2D eigenvalue weighted by Gasteiger charge is -2.09. The van der Waals surface area contributed by atoms with Crippen molar-refractivity contribution in [2.45, 2.75) is 0 Å². The molecule has 0 fully saturated rings. The molecule has 1 N–H and O–H groups in total. The van der Waals surface area contributed by atoms with Crippen LogP contribution >= 0.6 is 0 Å². The van der Waals surface area contributed by atoms with Crippen molar-refractivity contribution in [3.8, 4) is 11.6 Å². The first-order chi connectivity index (χ1) is 12.2. The lowest BCUT2D eigenvalue weighted by atomic mass is 10.2. The first-order valence-electron chi connectivity index (χ1n) is 7.14. The molecule has 0 saturated heterocycles. The van der Waals surface area contributed by atoms with E-state index < -0.39 is 38.9 Å². The SMILES string of the molecule is CS(=O)(=O)NC(=O)c1cc(F)c(Oc2cnc3ccccc3n2)cc1F. The van der Waals surface area contributed by atoms with Gasteiger partial charge in [0.25, 0.3) is 5.91 Å². The van der Waals surface area contributed by atoms with Crippen molar-refractivity contribution in [1.82, 2.24) is 14.7 Å². The van der Waals surface area contributed by atoms with E-state index in [2.05, 4.69) is 9.97 Å². The number of carbonyl (C=O) groups excluding carboxylic acids is 1. The zero-order chi connectivity index (χ0) is 18.9. The van der Waals surface area contributed by atoms with Crippen molar-refractivity contribution < 1.29 is 26.7 Å². The number of sulfonamides is 1. The van der Waals surface area contributed by atoms with Crippen molar-refractivity contribution in [1.29, 1.82) is 0 Å². The van der Waals surface area contributed by atoms with Crippen molar-refractivity contribution >= 4 is 27.0 Å². The van der Waals surface area contributed by atoms with Gasteiger partial charge in [-0.2, -0.15) is 0 Å². The summed E-state index contributed by atoms with van der Waals surface area (Å²) in [6.07, 6.45) is 1.96. The maximum absolute atomic E-state index is 14.2. The fourth-order valence-electron chi connectivity index (χ4n) is 2.11. The zero-order valence-electron chi connectivity index (χ0n) is 13.2. The second-order valence-corrected chi connectivity index (χ2v) is 7.01. The number of amides is 1. The molecule has 1 aromatic heterocycles. The molecule has 134 valence electrons. The number of ether oxygens (including phenoxy) is 1. The lowest BCUT2D eigenvalue weighted by molar-refractivity contribution is 0.0977. The number of fused-ring (bicyclic) bond motifs is 1. The van der Waals surface area contributed by atoms with Crippen molar-refractivity contribution in [3.63, 3.8) is 0 Å². The van der Waals surface area contributed by atoms with Crippen LogP contribution in [0.25, 0.3) is 11.0 Å². The Morgan fingerprint density at radius 1 is 1.12 bits per heavy atom. The third-order valence-electron chi connectivity index (χ3n) is 3.19. The summed E-state index contributed by atoms with van der Waals surface area (Å²) in [7, 11) is -3.92. The van der Waals surface area contributed by atoms with E-state index >= 15 is 0 Å². The van der Waals surface area contributed by atoms with E-state index in [0.717, 1.165) is 6.26 Å². The fraction of sp³-hybridized carbons (Fsp3) is 0.0625. The summed E-state index contributed by atoms with van der Waals surface area (Å²) >= 11 is 0.